The summed E-state index contributed by atoms with van der Waals surface area (Å²) in [4.78, 5) is 11.7. The summed E-state index contributed by atoms with van der Waals surface area (Å²) < 4.78 is 0.987. The van der Waals surface area contributed by atoms with Crippen LogP contribution >= 0.6 is 15.9 Å². The maximum Gasteiger partial charge on any atom is 0.340 e. The van der Waals surface area contributed by atoms with Crippen molar-refractivity contribution < 1.29 is 4.79 Å². The molecule has 0 unspecified atom stereocenters. The zero-order chi connectivity index (χ0) is 15.4. The second kappa shape index (κ2) is 6.54. The third-order valence-electron chi connectivity index (χ3n) is 3.05. The molecule has 4 nitrogen and oxygen atoms in total. The van der Waals surface area contributed by atoms with Crippen LogP contribution in [0.15, 0.2) is 52.0 Å². The summed E-state index contributed by atoms with van der Waals surface area (Å²) >= 11 is 3.38. The quantitative estimate of drug-likeness (QED) is 0.663. The Bertz CT molecular complexity index is 660. The molecule has 2 amide bonds. The van der Waals surface area contributed by atoms with Gasteiger partial charge >= 0.3 is 6.03 Å². The van der Waals surface area contributed by atoms with Gasteiger partial charge in [-0.3, -0.25) is 0 Å². The number of rotatable bonds is 3. The molecule has 108 valence electrons. The van der Waals surface area contributed by atoms with Crippen molar-refractivity contribution in [3.63, 3.8) is 0 Å². The van der Waals surface area contributed by atoms with E-state index in [0.29, 0.717) is 0 Å². The normalized spacial score (nSPS) is 10.8. The van der Waals surface area contributed by atoms with E-state index in [9.17, 15) is 4.79 Å². The highest BCUT2D eigenvalue weighted by Gasteiger charge is 2.15. The van der Waals surface area contributed by atoms with Crippen LogP contribution in [0.4, 0.5) is 10.5 Å². The van der Waals surface area contributed by atoms with Crippen LogP contribution in [-0.4, -0.2) is 12.2 Å². The third-order valence-corrected chi connectivity index (χ3v) is 3.58. The van der Waals surface area contributed by atoms with Gasteiger partial charge in [-0.15, -0.1) is 0 Å². The summed E-state index contributed by atoms with van der Waals surface area (Å²) in [5, 5.41) is 5.46. The van der Waals surface area contributed by atoms with Gasteiger partial charge < -0.3 is 5.73 Å². The zero-order valence-corrected chi connectivity index (χ0v) is 13.5. The van der Waals surface area contributed by atoms with E-state index in [1.54, 1.807) is 6.21 Å². The number of nitrogens with zero attached hydrogens (tertiary/aromatic N) is 2. The molecule has 2 N–H and O–H groups in total. The highest BCUT2D eigenvalue weighted by molar-refractivity contribution is 9.10. The van der Waals surface area contributed by atoms with Gasteiger partial charge in [0.1, 0.15) is 0 Å². The van der Waals surface area contributed by atoms with E-state index in [1.807, 2.05) is 56.3 Å². The molecule has 21 heavy (non-hydrogen) atoms. The molecule has 0 bridgehead atoms. The van der Waals surface area contributed by atoms with Gasteiger partial charge in [0, 0.05) is 4.47 Å². The van der Waals surface area contributed by atoms with Crippen molar-refractivity contribution >= 4 is 33.9 Å². The Labute approximate surface area is 132 Å². The molecule has 0 atom stereocenters. The first kappa shape index (κ1) is 15.3. The van der Waals surface area contributed by atoms with Crippen molar-refractivity contribution in [3.8, 4) is 0 Å². The molecule has 2 aromatic rings. The largest absolute Gasteiger partial charge is 0.350 e. The SMILES string of the molecule is Cc1cccc(C)c1N(N=Cc1ccc(Br)cc1)C(N)=O. The van der Waals surface area contributed by atoms with E-state index in [2.05, 4.69) is 21.0 Å². The van der Waals surface area contributed by atoms with E-state index < -0.39 is 6.03 Å². The summed E-state index contributed by atoms with van der Waals surface area (Å²) in [5.74, 6) is 0. The number of carbonyl (C=O) groups excluding carboxylic acids is 1. The average molecular weight is 346 g/mol. The molecular weight excluding hydrogens is 330 g/mol. The molecule has 0 aromatic heterocycles. The number of halogens is 1. The average Bonchev–Trinajstić information content (AvgIpc) is 2.43. The third kappa shape index (κ3) is 3.70. The zero-order valence-electron chi connectivity index (χ0n) is 11.9. The van der Waals surface area contributed by atoms with Gasteiger partial charge in [-0.25, -0.2) is 4.79 Å². The van der Waals surface area contributed by atoms with Crippen LogP contribution in [0, 0.1) is 13.8 Å². The number of hydrogen-bond acceptors (Lipinski definition) is 2. The predicted molar refractivity (Wildman–Crippen MR) is 89.7 cm³/mol. The van der Waals surface area contributed by atoms with Gasteiger partial charge in [0.15, 0.2) is 0 Å². The highest BCUT2D eigenvalue weighted by Crippen LogP contribution is 2.24. The lowest BCUT2D eigenvalue weighted by Crippen LogP contribution is -2.32. The van der Waals surface area contributed by atoms with Crippen molar-refractivity contribution in [1.82, 2.24) is 0 Å². The number of anilines is 1. The monoisotopic (exact) mass is 345 g/mol. The molecule has 2 aromatic carbocycles. The van der Waals surface area contributed by atoms with E-state index in [1.165, 1.54) is 5.01 Å². The van der Waals surface area contributed by atoms with Gasteiger partial charge in [-0.1, -0.05) is 46.3 Å². The molecule has 0 aliphatic rings. The molecule has 2 rings (SSSR count). The Morgan fingerprint density at radius 1 is 1.14 bits per heavy atom. The maximum atomic E-state index is 11.7. The molecule has 0 saturated heterocycles. The fraction of sp³-hybridized carbons (Fsp3) is 0.125. The second-order valence-corrected chi connectivity index (χ2v) is 5.60. The molecular formula is C16H16BrN3O. The number of benzene rings is 2. The standard InChI is InChI=1S/C16H16BrN3O/c1-11-4-3-5-12(2)15(11)20(16(18)21)19-10-13-6-8-14(17)9-7-13/h3-10H,1-2H3,(H2,18,21). The van der Waals surface area contributed by atoms with Gasteiger partial charge in [0.05, 0.1) is 11.9 Å². The van der Waals surface area contributed by atoms with E-state index in [0.717, 1.165) is 26.9 Å². The number of hydrogen-bond donors (Lipinski definition) is 1. The molecule has 0 spiro atoms. The fourth-order valence-electron chi connectivity index (χ4n) is 2.04. The minimum absolute atomic E-state index is 0.610. The molecule has 5 heteroatoms. The first-order valence-corrected chi connectivity index (χ1v) is 7.23. The number of primary amides is 1. The predicted octanol–water partition coefficient (Wildman–Crippen LogP) is 3.99. The molecule has 0 fully saturated rings. The van der Waals surface area contributed by atoms with Crippen molar-refractivity contribution in [2.45, 2.75) is 13.8 Å². The lowest BCUT2D eigenvalue weighted by atomic mass is 10.1. The van der Waals surface area contributed by atoms with Crippen molar-refractivity contribution in [3.05, 3.63) is 63.6 Å². The van der Waals surface area contributed by atoms with Crippen LogP contribution in [0.1, 0.15) is 16.7 Å². The van der Waals surface area contributed by atoms with Crippen LogP contribution in [0.5, 0.6) is 0 Å². The van der Waals surface area contributed by atoms with Gasteiger partial charge in [-0.05, 0) is 42.7 Å². The second-order valence-electron chi connectivity index (χ2n) is 4.69. The number of urea groups is 1. The van der Waals surface area contributed by atoms with Crippen LogP contribution in [0.3, 0.4) is 0 Å². The van der Waals surface area contributed by atoms with Crippen molar-refractivity contribution in [2.75, 3.05) is 5.01 Å². The minimum atomic E-state index is -0.610. The topological polar surface area (TPSA) is 58.7 Å². The van der Waals surface area contributed by atoms with E-state index >= 15 is 0 Å². The van der Waals surface area contributed by atoms with E-state index in [-0.39, 0.29) is 0 Å². The van der Waals surface area contributed by atoms with E-state index in [4.69, 9.17) is 5.73 Å². The Morgan fingerprint density at radius 2 is 1.71 bits per heavy atom. The Hall–Kier alpha value is -2.14. The van der Waals surface area contributed by atoms with Crippen molar-refractivity contribution in [1.29, 1.82) is 0 Å². The minimum Gasteiger partial charge on any atom is -0.350 e. The number of nitrogens with two attached hydrogens (primary N) is 1. The number of amides is 2. The van der Waals surface area contributed by atoms with Crippen LogP contribution in [0.2, 0.25) is 0 Å². The molecule has 0 radical (unpaired) electrons. The Balaban J connectivity index is 2.36. The smallest absolute Gasteiger partial charge is 0.340 e. The number of aryl methyl sites for hydroxylation is 2. The van der Waals surface area contributed by atoms with Crippen LogP contribution < -0.4 is 10.7 Å². The summed E-state index contributed by atoms with van der Waals surface area (Å²) in [6.45, 7) is 3.85. The van der Waals surface area contributed by atoms with Gasteiger partial charge in [0.2, 0.25) is 0 Å². The lowest BCUT2D eigenvalue weighted by Gasteiger charge is -2.19. The first-order valence-electron chi connectivity index (χ1n) is 6.44. The van der Waals surface area contributed by atoms with Crippen molar-refractivity contribution in [2.24, 2.45) is 10.8 Å². The van der Waals surface area contributed by atoms with Crippen LogP contribution in [0.25, 0.3) is 0 Å². The summed E-state index contributed by atoms with van der Waals surface area (Å²) in [5.41, 5.74) is 8.96. The summed E-state index contributed by atoms with van der Waals surface area (Å²) in [6.07, 6.45) is 1.61. The summed E-state index contributed by atoms with van der Waals surface area (Å²) in [6, 6.07) is 12.8. The molecule has 0 heterocycles. The molecule has 0 aliphatic heterocycles. The van der Waals surface area contributed by atoms with Gasteiger partial charge in [-0.2, -0.15) is 10.1 Å². The first-order chi connectivity index (χ1) is 9.99. The van der Waals surface area contributed by atoms with Crippen LogP contribution in [-0.2, 0) is 0 Å². The Kier molecular flexibility index (Phi) is 4.75. The highest BCUT2D eigenvalue weighted by atomic mass is 79.9. The lowest BCUT2D eigenvalue weighted by molar-refractivity contribution is 0.254. The molecule has 0 saturated carbocycles. The number of carbonyl (C=O) groups is 1. The fourth-order valence-corrected chi connectivity index (χ4v) is 2.30. The molecule has 0 aliphatic carbocycles. The summed E-state index contributed by atoms with van der Waals surface area (Å²) in [7, 11) is 0. The Morgan fingerprint density at radius 3 is 2.24 bits per heavy atom. The number of hydrazone groups is 1. The maximum absolute atomic E-state index is 11.7. The number of para-hydroxylation sites is 1. The van der Waals surface area contributed by atoms with Gasteiger partial charge in [0.25, 0.3) is 0 Å².